The van der Waals surface area contributed by atoms with Crippen molar-refractivity contribution in [3.8, 4) is 16.9 Å². The van der Waals surface area contributed by atoms with Crippen LogP contribution in [0, 0.1) is 5.82 Å². The number of para-hydroxylation sites is 1. The number of nitrogens with zero attached hydrogens (tertiary/aromatic N) is 3. The Labute approximate surface area is 244 Å². The second-order valence-electron chi connectivity index (χ2n) is 9.57. The number of aliphatic carboxylic acids is 1. The van der Waals surface area contributed by atoms with E-state index in [0.29, 0.717) is 32.6 Å². The Morgan fingerprint density at radius 1 is 0.950 bits per heavy atom. The van der Waals surface area contributed by atoms with Crippen LogP contribution in [0.3, 0.4) is 0 Å². The lowest BCUT2D eigenvalue weighted by atomic mass is 9.84. The molecule has 0 atom stereocenters. The van der Waals surface area contributed by atoms with Gasteiger partial charge in [-0.05, 0) is 54.8 Å². The number of halogens is 4. The van der Waals surface area contributed by atoms with Gasteiger partial charge in [-0.1, -0.05) is 65.1 Å². The molecule has 0 spiro atoms. The summed E-state index contributed by atoms with van der Waals surface area (Å²) >= 11 is 18.5. The van der Waals surface area contributed by atoms with E-state index >= 15 is 0 Å². The monoisotopic (exact) mass is 601 g/mol. The van der Waals surface area contributed by atoms with E-state index in [1.165, 1.54) is 27.8 Å². The number of amides is 1. The van der Waals surface area contributed by atoms with E-state index in [9.17, 15) is 24.2 Å². The van der Waals surface area contributed by atoms with Gasteiger partial charge in [-0.3, -0.25) is 9.59 Å². The van der Waals surface area contributed by atoms with Gasteiger partial charge < -0.3 is 15.1 Å². The Morgan fingerprint density at radius 3 is 2.25 bits per heavy atom. The molecule has 4 aromatic rings. The topological polar surface area (TPSA) is 95.7 Å². The van der Waals surface area contributed by atoms with Crippen molar-refractivity contribution in [1.82, 2.24) is 14.7 Å². The van der Waals surface area contributed by atoms with Crippen molar-refractivity contribution in [1.29, 1.82) is 0 Å². The Morgan fingerprint density at radius 2 is 1.62 bits per heavy atom. The van der Waals surface area contributed by atoms with Gasteiger partial charge in [0.1, 0.15) is 5.82 Å². The zero-order valence-electron chi connectivity index (χ0n) is 21.0. The lowest BCUT2D eigenvalue weighted by Crippen LogP contribution is -2.45. The summed E-state index contributed by atoms with van der Waals surface area (Å²) in [6.45, 7) is 0.318. The number of carboxylic acids is 1. The minimum absolute atomic E-state index is 0.0254. The summed E-state index contributed by atoms with van der Waals surface area (Å²) in [5, 5.41) is 26.4. The van der Waals surface area contributed by atoms with E-state index in [2.05, 4.69) is 5.10 Å². The van der Waals surface area contributed by atoms with Gasteiger partial charge >= 0.3 is 5.97 Å². The van der Waals surface area contributed by atoms with Crippen LogP contribution in [-0.4, -0.2) is 49.9 Å². The molecule has 7 nitrogen and oxygen atoms in total. The SMILES string of the molecule is O=C(O)Cc1c(C(=O)N2CCC(O)(c3ccc(F)c(Cl)c3)CC2)nn(-c2ccccc2Cl)c1-c1ccc(Cl)cc1. The highest BCUT2D eigenvalue weighted by molar-refractivity contribution is 6.32. The third-order valence-corrected chi connectivity index (χ3v) is 7.91. The number of hydrogen-bond donors (Lipinski definition) is 2. The molecule has 206 valence electrons. The van der Waals surface area contributed by atoms with Gasteiger partial charge in [0.15, 0.2) is 5.69 Å². The molecular weight excluding hydrogens is 580 g/mol. The molecule has 0 radical (unpaired) electrons. The fourth-order valence-electron chi connectivity index (χ4n) is 4.95. The van der Waals surface area contributed by atoms with E-state index in [0.717, 1.165) is 0 Å². The van der Waals surface area contributed by atoms with Gasteiger partial charge in [0.25, 0.3) is 5.91 Å². The summed E-state index contributed by atoms with van der Waals surface area (Å²) in [4.78, 5) is 27.4. The number of rotatable bonds is 6. The molecule has 2 N–H and O–H groups in total. The fraction of sp³-hybridized carbons (Fsp3) is 0.207. The van der Waals surface area contributed by atoms with Crippen LogP contribution < -0.4 is 0 Å². The minimum atomic E-state index is -1.30. The lowest BCUT2D eigenvalue weighted by molar-refractivity contribution is -0.136. The molecule has 3 aromatic carbocycles. The first-order valence-electron chi connectivity index (χ1n) is 12.4. The van der Waals surface area contributed by atoms with Crippen molar-refractivity contribution in [3.05, 3.63) is 104 Å². The largest absolute Gasteiger partial charge is 0.481 e. The molecule has 40 heavy (non-hydrogen) atoms. The maximum atomic E-state index is 13.9. The first-order chi connectivity index (χ1) is 19.1. The Kier molecular flexibility index (Phi) is 7.88. The molecule has 1 aliphatic heterocycles. The maximum absolute atomic E-state index is 13.9. The molecule has 2 heterocycles. The van der Waals surface area contributed by atoms with Crippen LogP contribution in [0.15, 0.2) is 66.7 Å². The number of hydrogen-bond acceptors (Lipinski definition) is 4. The molecule has 11 heteroatoms. The minimum Gasteiger partial charge on any atom is -0.481 e. The van der Waals surface area contributed by atoms with Crippen molar-refractivity contribution in [2.24, 2.45) is 0 Å². The van der Waals surface area contributed by atoms with Gasteiger partial charge in [-0.2, -0.15) is 5.10 Å². The van der Waals surface area contributed by atoms with Gasteiger partial charge in [-0.15, -0.1) is 0 Å². The summed E-state index contributed by atoms with van der Waals surface area (Å²) in [5.41, 5.74) is 0.849. The van der Waals surface area contributed by atoms with E-state index in [1.807, 2.05) is 0 Å². The standard InChI is InChI=1S/C29H23Cl3FN3O4/c30-19-8-5-17(6-9-19)27-20(16-25(37)38)26(34-36(27)24-4-2-1-3-21(24)31)28(39)35-13-11-29(40,12-14-35)18-7-10-23(33)22(32)15-18/h1-10,15,40H,11-14,16H2,(H,37,38). The summed E-state index contributed by atoms with van der Waals surface area (Å²) in [6.07, 6.45) is -0.121. The third kappa shape index (κ3) is 5.45. The molecule has 1 aliphatic rings. The second kappa shape index (κ2) is 11.2. The number of carbonyl (C=O) groups excluding carboxylic acids is 1. The normalized spacial score (nSPS) is 14.8. The highest BCUT2D eigenvalue weighted by Gasteiger charge is 2.38. The Bertz CT molecular complexity index is 1600. The number of carboxylic acid groups (broad SMARTS) is 1. The van der Waals surface area contributed by atoms with Crippen LogP contribution in [0.5, 0.6) is 0 Å². The highest BCUT2D eigenvalue weighted by Crippen LogP contribution is 2.37. The van der Waals surface area contributed by atoms with Gasteiger partial charge in [0, 0.05) is 29.2 Å². The molecule has 0 saturated carbocycles. The molecule has 1 aromatic heterocycles. The van der Waals surface area contributed by atoms with E-state index in [4.69, 9.17) is 34.8 Å². The first-order valence-corrected chi connectivity index (χ1v) is 13.5. The molecule has 0 unspecified atom stereocenters. The maximum Gasteiger partial charge on any atom is 0.307 e. The molecular formula is C29H23Cl3FN3O4. The number of aromatic nitrogens is 2. The van der Waals surface area contributed by atoms with Crippen molar-refractivity contribution >= 4 is 46.7 Å². The molecule has 1 amide bonds. The lowest BCUT2D eigenvalue weighted by Gasteiger charge is -2.38. The predicted octanol–water partition coefficient (Wildman–Crippen LogP) is 6.39. The zero-order valence-corrected chi connectivity index (χ0v) is 23.2. The van der Waals surface area contributed by atoms with Crippen LogP contribution >= 0.6 is 34.8 Å². The van der Waals surface area contributed by atoms with Crippen LogP contribution in [-0.2, 0) is 16.8 Å². The van der Waals surface area contributed by atoms with E-state index in [1.54, 1.807) is 48.5 Å². The van der Waals surface area contributed by atoms with Crippen LogP contribution in [0.2, 0.25) is 15.1 Å². The molecule has 0 aliphatic carbocycles. The Hall–Kier alpha value is -3.43. The van der Waals surface area contributed by atoms with Crippen molar-refractivity contribution < 1.29 is 24.2 Å². The molecule has 5 rings (SSSR count). The Balaban J connectivity index is 1.55. The van der Waals surface area contributed by atoms with Crippen molar-refractivity contribution in [3.63, 3.8) is 0 Å². The van der Waals surface area contributed by atoms with Gasteiger partial charge in [-0.25, -0.2) is 9.07 Å². The van der Waals surface area contributed by atoms with Crippen molar-refractivity contribution in [2.45, 2.75) is 24.9 Å². The van der Waals surface area contributed by atoms with Gasteiger partial charge in [0.2, 0.25) is 0 Å². The first kappa shape index (κ1) is 28.1. The summed E-state index contributed by atoms with van der Waals surface area (Å²) in [6, 6.07) is 17.8. The summed E-state index contributed by atoms with van der Waals surface area (Å²) in [5.74, 6) is -2.20. The average Bonchev–Trinajstić information content (AvgIpc) is 3.29. The zero-order chi connectivity index (χ0) is 28.6. The number of carbonyl (C=O) groups is 2. The molecule has 1 fully saturated rings. The average molecular weight is 603 g/mol. The summed E-state index contributed by atoms with van der Waals surface area (Å²) in [7, 11) is 0. The van der Waals surface area contributed by atoms with Crippen LogP contribution in [0.1, 0.15) is 34.5 Å². The van der Waals surface area contributed by atoms with E-state index in [-0.39, 0.29) is 42.2 Å². The van der Waals surface area contributed by atoms with Crippen LogP contribution in [0.4, 0.5) is 4.39 Å². The van der Waals surface area contributed by atoms with Crippen molar-refractivity contribution in [2.75, 3.05) is 13.1 Å². The third-order valence-electron chi connectivity index (χ3n) is 7.05. The number of piperidine rings is 1. The van der Waals surface area contributed by atoms with E-state index < -0.39 is 29.7 Å². The highest BCUT2D eigenvalue weighted by atomic mass is 35.5. The molecule has 1 saturated heterocycles. The smallest absolute Gasteiger partial charge is 0.307 e. The summed E-state index contributed by atoms with van der Waals surface area (Å²) < 4.78 is 15.2. The number of likely N-dealkylation sites (tertiary alicyclic amines) is 1. The second-order valence-corrected chi connectivity index (χ2v) is 10.8. The number of benzene rings is 3. The predicted molar refractivity (Wildman–Crippen MR) is 151 cm³/mol. The van der Waals surface area contributed by atoms with Gasteiger partial charge in [0.05, 0.1) is 33.4 Å². The molecule has 0 bridgehead atoms. The van der Waals surface area contributed by atoms with Crippen LogP contribution in [0.25, 0.3) is 16.9 Å². The number of aliphatic hydroxyl groups is 1. The quantitative estimate of drug-likeness (QED) is 0.267. The fourth-order valence-corrected chi connectivity index (χ4v) is 5.47.